The van der Waals surface area contributed by atoms with Gasteiger partial charge in [0.2, 0.25) is 0 Å². The molecule has 1 atom stereocenters. The van der Waals surface area contributed by atoms with Crippen LogP contribution in [0.3, 0.4) is 0 Å². The highest BCUT2D eigenvalue weighted by molar-refractivity contribution is 9.10. The first kappa shape index (κ1) is 16.3. The van der Waals surface area contributed by atoms with Gasteiger partial charge >= 0.3 is 5.97 Å². The number of hydrogen-bond acceptors (Lipinski definition) is 5. The number of carboxylic acids is 1. The smallest absolute Gasteiger partial charge is 0.334 e. The van der Waals surface area contributed by atoms with E-state index in [9.17, 15) is 24.1 Å². The topological polar surface area (TPSA) is 110 Å². The SMILES string of the molecule is O=C(O)C1CN(C(=O)c2cc(F)cc([N+](=O)[O-])c2Br)CCO1. The number of nitro groups is 1. The lowest BCUT2D eigenvalue weighted by Crippen LogP contribution is -2.48. The molecule has 0 spiro atoms. The van der Waals surface area contributed by atoms with Crippen LogP contribution < -0.4 is 0 Å². The molecule has 0 saturated carbocycles. The average molecular weight is 377 g/mol. The van der Waals surface area contributed by atoms with Crippen LogP contribution in [0, 0.1) is 15.9 Å². The maximum absolute atomic E-state index is 13.5. The van der Waals surface area contributed by atoms with Crippen molar-refractivity contribution in [1.82, 2.24) is 4.90 Å². The molecule has 1 amide bonds. The molecule has 22 heavy (non-hydrogen) atoms. The minimum absolute atomic E-state index is 0.0116. The lowest BCUT2D eigenvalue weighted by molar-refractivity contribution is -0.385. The fourth-order valence-electron chi connectivity index (χ4n) is 2.02. The number of carboxylic acid groups (broad SMARTS) is 1. The Kier molecular flexibility index (Phi) is 4.71. The van der Waals surface area contributed by atoms with Gasteiger partial charge in [-0.3, -0.25) is 14.9 Å². The number of ether oxygens (including phenoxy) is 1. The zero-order valence-electron chi connectivity index (χ0n) is 11.0. The van der Waals surface area contributed by atoms with Crippen LogP contribution in [0.1, 0.15) is 10.4 Å². The van der Waals surface area contributed by atoms with Gasteiger partial charge in [-0.25, -0.2) is 9.18 Å². The lowest BCUT2D eigenvalue weighted by atomic mass is 10.1. The summed E-state index contributed by atoms with van der Waals surface area (Å²) in [4.78, 5) is 34.5. The third-order valence-electron chi connectivity index (χ3n) is 3.07. The zero-order chi connectivity index (χ0) is 16.4. The third kappa shape index (κ3) is 3.22. The van der Waals surface area contributed by atoms with E-state index in [1.807, 2.05) is 0 Å². The van der Waals surface area contributed by atoms with Crippen LogP contribution in [0.2, 0.25) is 0 Å². The Hall–Kier alpha value is -2.07. The van der Waals surface area contributed by atoms with Crippen molar-refractivity contribution in [2.24, 2.45) is 0 Å². The highest BCUT2D eigenvalue weighted by atomic mass is 79.9. The monoisotopic (exact) mass is 376 g/mol. The normalized spacial score (nSPS) is 18.1. The zero-order valence-corrected chi connectivity index (χ0v) is 12.6. The Bertz CT molecular complexity index is 653. The number of carbonyl (C=O) groups is 2. The number of benzene rings is 1. The first-order chi connectivity index (χ1) is 10.3. The van der Waals surface area contributed by atoms with Crippen LogP contribution in [0.15, 0.2) is 16.6 Å². The quantitative estimate of drug-likeness (QED) is 0.630. The van der Waals surface area contributed by atoms with Gasteiger partial charge in [0.25, 0.3) is 11.6 Å². The second kappa shape index (κ2) is 6.36. The van der Waals surface area contributed by atoms with E-state index in [0.717, 1.165) is 11.0 Å². The molecule has 1 N–H and O–H groups in total. The summed E-state index contributed by atoms with van der Waals surface area (Å²) in [7, 11) is 0. The van der Waals surface area contributed by atoms with Gasteiger partial charge in [-0.05, 0) is 22.0 Å². The molecule has 1 heterocycles. The van der Waals surface area contributed by atoms with E-state index in [4.69, 9.17) is 9.84 Å². The third-order valence-corrected chi connectivity index (χ3v) is 3.91. The van der Waals surface area contributed by atoms with E-state index in [1.165, 1.54) is 0 Å². The summed E-state index contributed by atoms with van der Waals surface area (Å²) in [6, 6.07) is 1.56. The van der Waals surface area contributed by atoms with Crippen molar-refractivity contribution >= 4 is 33.5 Å². The molecule has 2 rings (SSSR count). The predicted octanol–water partition coefficient (Wildman–Crippen LogP) is 1.42. The summed E-state index contributed by atoms with van der Waals surface area (Å²) >= 11 is 2.92. The highest BCUT2D eigenvalue weighted by Gasteiger charge is 2.32. The van der Waals surface area contributed by atoms with Gasteiger partial charge in [0.1, 0.15) is 10.3 Å². The van der Waals surface area contributed by atoms with Crippen LogP contribution in [0.5, 0.6) is 0 Å². The van der Waals surface area contributed by atoms with E-state index < -0.39 is 34.4 Å². The minimum atomic E-state index is -1.22. The second-order valence-electron chi connectivity index (χ2n) is 4.49. The molecule has 0 radical (unpaired) electrons. The molecule has 8 nitrogen and oxygen atoms in total. The molecule has 1 aromatic rings. The predicted molar refractivity (Wildman–Crippen MR) is 74.0 cm³/mol. The van der Waals surface area contributed by atoms with Crippen LogP contribution in [0.25, 0.3) is 0 Å². The second-order valence-corrected chi connectivity index (χ2v) is 5.29. The van der Waals surface area contributed by atoms with Crippen molar-refractivity contribution in [1.29, 1.82) is 0 Å². The summed E-state index contributed by atoms with van der Waals surface area (Å²) in [6.45, 7) is -0.0952. The average Bonchev–Trinajstić information content (AvgIpc) is 2.48. The first-order valence-corrected chi connectivity index (χ1v) is 6.87. The summed E-state index contributed by atoms with van der Waals surface area (Å²) in [5.74, 6) is -2.85. The van der Waals surface area contributed by atoms with Crippen molar-refractivity contribution in [2.45, 2.75) is 6.10 Å². The van der Waals surface area contributed by atoms with Gasteiger partial charge in [-0.15, -0.1) is 0 Å². The maximum atomic E-state index is 13.5. The Morgan fingerprint density at radius 2 is 2.18 bits per heavy atom. The molecule has 1 aliphatic rings. The number of amides is 1. The summed E-state index contributed by atoms with van der Waals surface area (Å²) in [5, 5.41) is 19.8. The van der Waals surface area contributed by atoms with Gasteiger partial charge in [0, 0.05) is 6.54 Å². The molecule has 1 aliphatic heterocycles. The molecule has 1 unspecified atom stereocenters. The van der Waals surface area contributed by atoms with Crippen LogP contribution in [0.4, 0.5) is 10.1 Å². The molecule has 0 aliphatic carbocycles. The number of hydrogen-bond donors (Lipinski definition) is 1. The summed E-state index contributed by atoms with van der Waals surface area (Å²) < 4.78 is 18.3. The van der Waals surface area contributed by atoms with Crippen molar-refractivity contribution in [3.63, 3.8) is 0 Å². The number of nitro benzene ring substituents is 1. The molecule has 0 bridgehead atoms. The van der Waals surface area contributed by atoms with Crippen LogP contribution in [-0.4, -0.2) is 52.6 Å². The van der Waals surface area contributed by atoms with E-state index in [0.29, 0.717) is 6.07 Å². The molecule has 1 saturated heterocycles. The fraction of sp³-hybridized carbons (Fsp3) is 0.333. The van der Waals surface area contributed by atoms with Gasteiger partial charge in [-0.1, -0.05) is 0 Å². The van der Waals surface area contributed by atoms with Gasteiger partial charge < -0.3 is 14.7 Å². The van der Waals surface area contributed by atoms with Gasteiger partial charge in [0.15, 0.2) is 6.10 Å². The molecular weight excluding hydrogens is 367 g/mol. The number of carbonyl (C=O) groups excluding carboxylic acids is 1. The Balaban J connectivity index is 2.33. The van der Waals surface area contributed by atoms with E-state index >= 15 is 0 Å². The molecule has 1 fully saturated rings. The van der Waals surface area contributed by atoms with Gasteiger partial charge in [-0.2, -0.15) is 0 Å². The highest BCUT2D eigenvalue weighted by Crippen LogP contribution is 2.31. The largest absolute Gasteiger partial charge is 0.479 e. The van der Waals surface area contributed by atoms with Crippen molar-refractivity contribution in [2.75, 3.05) is 19.7 Å². The lowest BCUT2D eigenvalue weighted by Gasteiger charge is -2.31. The Morgan fingerprint density at radius 1 is 1.50 bits per heavy atom. The molecule has 10 heteroatoms. The number of aliphatic carboxylic acids is 1. The summed E-state index contributed by atoms with van der Waals surface area (Å²) in [6.07, 6.45) is -1.18. The van der Waals surface area contributed by atoms with E-state index in [-0.39, 0.29) is 29.7 Å². The standard InChI is InChI=1S/C12H10BrFN2O6/c13-10-7(3-6(14)4-8(10)16(20)21)11(17)15-1-2-22-9(5-15)12(18)19/h3-4,9H,1-2,5H2,(H,18,19). The van der Waals surface area contributed by atoms with Crippen molar-refractivity contribution in [3.8, 4) is 0 Å². The maximum Gasteiger partial charge on any atom is 0.334 e. The van der Waals surface area contributed by atoms with Crippen molar-refractivity contribution < 1.29 is 28.7 Å². The van der Waals surface area contributed by atoms with E-state index in [2.05, 4.69) is 15.9 Å². The van der Waals surface area contributed by atoms with Crippen LogP contribution >= 0.6 is 15.9 Å². The molecule has 118 valence electrons. The number of morpholine rings is 1. The summed E-state index contributed by atoms with van der Waals surface area (Å²) in [5.41, 5.74) is -0.816. The number of nitrogens with zero attached hydrogens (tertiary/aromatic N) is 2. The number of halogens is 2. The molecular formula is C12H10BrFN2O6. The molecule has 0 aromatic heterocycles. The molecule has 1 aromatic carbocycles. The fourth-order valence-corrected chi connectivity index (χ4v) is 2.56. The van der Waals surface area contributed by atoms with E-state index in [1.54, 1.807) is 0 Å². The Labute approximate surface area is 131 Å². The Morgan fingerprint density at radius 3 is 2.77 bits per heavy atom. The van der Waals surface area contributed by atoms with Crippen molar-refractivity contribution in [3.05, 3.63) is 38.1 Å². The number of rotatable bonds is 3. The van der Waals surface area contributed by atoms with Crippen LogP contribution in [-0.2, 0) is 9.53 Å². The first-order valence-electron chi connectivity index (χ1n) is 6.08. The minimum Gasteiger partial charge on any atom is -0.479 e. The van der Waals surface area contributed by atoms with Gasteiger partial charge in [0.05, 0.1) is 29.7 Å².